The second kappa shape index (κ2) is 4.63. The van der Waals surface area contributed by atoms with Crippen LogP contribution in [0.25, 0.3) is 0 Å². The van der Waals surface area contributed by atoms with Crippen molar-refractivity contribution in [2.75, 3.05) is 0 Å². The summed E-state index contributed by atoms with van der Waals surface area (Å²) in [5.74, 6) is 0. The Labute approximate surface area is 97.5 Å². The Bertz CT molecular complexity index is 497. The molecular weight excluding hydrogens is 224 g/mol. The minimum atomic E-state index is 0.0668. The molecule has 0 aliphatic heterocycles. The summed E-state index contributed by atoms with van der Waals surface area (Å²) in [6.45, 7) is 2.07. The molecule has 2 aromatic rings. The van der Waals surface area contributed by atoms with Crippen LogP contribution in [-0.4, -0.2) is 25.3 Å². The molecule has 0 fully saturated rings. The Morgan fingerprint density at radius 3 is 2.81 bits per heavy atom. The molecule has 0 unspecified atom stereocenters. The van der Waals surface area contributed by atoms with Crippen LogP contribution in [0, 0.1) is 6.92 Å². The third-order valence-electron chi connectivity index (χ3n) is 2.20. The van der Waals surface area contributed by atoms with Crippen molar-refractivity contribution in [2.45, 2.75) is 23.6 Å². The first-order chi connectivity index (χ1) is 7.70. The number of aliphatic hydroxyl groups is 1. The standard InChI is InChI=1S/C10H12N4OS/c1-7-5-8(6-15)3-4-9(7)16-10-11-12-13-14(10)2/h3-5,15H,6H2,1-2H3. The second-order valence-electron chi connectivity index (χ2n) is 3.45. The molecule has 16 heavy (non-hydrogen) atoms. The predicted molar refractivity (Wildman–Crippen MR) is 60.0 cm³/mol. The smallest absolute Gasteiger partial charge is 0.213 e. The molecule has 0 saturated heterocycles. The lowest BCUT2D eigenvalue weighted by molar-refractivity contribution is 0.281. The fourth-order valence-electron chi connectivity index (χ4n) is 1.33. The van der Waals surface area contributed by atoms with Gasteiger partial charge in [-0.1, -0.05) is 12.1 Å². The van der Waals surface area contributed by atoms with Crippen molar-refractivity contribution in [2.24, 2.45) is 7.05 Å². The SMILES string of the molecule is Cc1cc(CO)ccc1Sc1nnnn1C. The van der Waals surface area contributed by atoms with Crippen LogP contribution in [-0.2, 0) is 13.7 Å². The largest absolute Gasteiger partial charge is 0.392 e. The lowest BCUT2D eigenvalue weighted by atomic mass is 10.1. The zero-order chi connectivity index (χ0) is 11.5. The highest BCUT2D eigenvalue weighted by Gasteiger charge is 2.07. The van der Waals surface area contributed by atoms with E-state index in [1.54, 1.807) is 11.7 Å². The Kier molecular flexibility index (Phi) is 3.21. The third kappa shape index (κ3) is 2.23. The molecular formula is C10H12N4OS. The van der Waals surface area contributed by atoms with Gasteiger partial charge < -0.3 is 5.11 Å². The number of hydrogen-bond acceptors (Lipinski definition) is 5. The highest BCUT2D eigenvalue weighted by atomic mass is 32.2. The van der Waals surface area contributed by atoms with E-state index in [2.05, 4.69) is 15.5 Å². The fraction of sp³-hybridized carbons (Fsp3) is 0.300. The van der Waals surface area contributed by atoms with E-state index < -0.39 is 0 Å². The van der Waals surface area contributed by atoms with Gasteiger partial charge in [-0.3, -0.25) is 0 Å². The Balaban J connectivity index is 2.25. The van der Waals surface area contributed by atoms with Gasteiger partial charge in [0.1, 0.15) is 0 Å². The van der Waals surface area contributed by atoms with Gasteiger partial charge in [0, 0.05) is 11.9 Å². The first-order valence-electron chi connectivity index (χ1n) is 4.81. The second-order valence-corrected chi connectivity index (χ2v) is 4.45. The number of nitrogens with zero attached hydrogens (tertiary/aromatic N) is 4. The van der Waals surface area contributed by atoms with E-state index >= 15 is 0 Å². The van der Waals surface area contributed by atoms with E-state index in [1.807, 2.05) is 25.1 Å². The average molecular weight is 236 g/mol. The molecule has 1 heterocycles. The molecule has 2 rings (SSSR count). The van der Waals surface area contributed by atoms with Crippen molar-refractivity contribution in [3.8, 4) is 0 Å². The zero-order valence-corrected chi connectivity index (χ0v) is 9.90. The fourth-order valence-corrected chi connectivity index (χ4v) is 2.13. The van der Waals surface area contributed by atoms with Crippen LogP contribution in [0.4, 0.5) is 0 Å². The van der Waals surface area contributed by atoms with Crippen LogP contribution < -0.4 is 0 Å². The minimum Gasteiger partial charge on any atom is -0.392 e. The van der Waals surface area contributed by atoms with Crippen molar-refractivity contribution < 1.29 is 5.11 Å². The number of aryl methyl sites for hydroxylation is 2. The predicted octanol–water partition coefficient (Wildman–Crippen LogP) is 1.16. The number of rotatable bonds is 3. The molecule has 84 valence electrons. The number of aromatic nitrogens is 4. The van der Waals surface area contributed by atoms with Crippen LogP contribution in [0.15, 0.2) is 28.3 Å². The van der Waals surface area contributed by atoms with Crippen molar-refractivity contribution in [1.29, 1.82) is 0 Å². The van der Waals surface area contributed by atoms with Gasteiger partial charge in [0.2, 0.25) is 5.16 Å². The summed E-state index contributed by atoms with van der Waals surface area (Å²) < 4.78 is 1.63. The van der Waals surface area contributed by atoms with Crippen LogP contribution in [0.2, 0.25) is 0 Å². The van der Waals surface area contributed by atoms with E-state index in [9.17, 15) is 0 Å². The molecule has 5 nitrogen and oxygen atoms in total. The molecule has 0 spiro atoms. The summed E-state index contributed by atoms with van der Waals surface area (Å²) in [4.78, 5) is 1.09. The van der Waals surface area contributed by atoms with Gasteiger partial charge in [-0.2, -0.15) is 0 Å². The van der Waals surface area contributed by atoms with E-state index in [1.165, 1.54) is 11.8 Å². The molecule has 1 aromatic carbocycles. The van der Waals surface area contributed by atoms with E-state index in [0.717, 1.165) is 21.2 Å². The minimum absolute atomic E-state index is 0.0668. The zero-order valence-electron chi connectivity index (χ0n) is 9.08. The molecule has 0 atom stereocenters. The number of tetrazole rings is 1. The van der Waals surface area contributed by atoms with Crippen LogP contribution in [0.5, 0.6) is 0 Å². The summed E-state index contributed by atoms with van der Waals surface area (Å²) >= 11 is 1.51. The lowest BCUT2D eigenvalue weighted by Crippen LogP contribution is -1.93. The van der Waals surface area contributed by atoms with Crippen molar-refractivity contribution in [3.63, 3.8) is 0 Å². The van der Waals surface area contributed by atoms with Crippen LogP contribution in [0.3, 0.4) is 0 Å². The van der Waals surface area contributed by atoms with E-state index in [-0.39, 0.29) is 6.61 Å². The molecule has 1 aromatic heterocycles. The summed E-state index contributed by atoms with van der Waals surface area (Å²) in [6, 6.07) is 5.84. The van der Waals surface area contributed by atoms with Crippen molar-refractivity contribution >= 4 is 11.8 Å². The van der Waals surface area contributed by atoms with Gasteiger partial charge >= 0.3 is 0 Å². The van der Waals surface area contributed by atoms with Crippen LogP contribution in [0.1, 0.15) is 11.1 Å². The monoisotopic (exact) mass is 236 g/mol. The Morgan fingerprint density at radius 1 is 1.44 bits per heavy atom. The van der Waals surface area contributed by atoms with Gasteiger partial charge in [-0.25, -0.2) is 4.68 Å². The molecule has 1 N–H and O–H groups in total. The summed E-state index contributed by atoms with van der Waals surface area (Å²) in [7, 11) is 1.81. The quantitative estimate of drug-likeness (QED) is 0.866. The number of hydrogen-bond donors (Lipinski definition) is 1. The van der Waals surface area contributed by atoms with Gasteiger partial charge in [-0.15, -0.1) is 5.10 Å². The molecule has 0 radical (unpaired) electrons. The lowest BCUT2D eigenvalue weighted by Gasteiger charge is -2.05. The van der Waals surface area contributed by atoms with Gasteiger partial charge in [0.15, 0.2) is 0 Å². The Morgan fingerprint density at radius 2 is 2.25 bits per heavy atom. The third-order valence-corrected chi connectivity index (χ3v) is 3.41. The van der Waals surface area contributed by atoms with Crippen molar-refractivity contribution in [1.82, 2.24) is 20.2 Å². The van der Waals surface area contributed by atoms with Gasteiger partial charge in [0.05, 0.1) is 6.61 Å². The summed E-state index contributed by atoms with van der Waals surface area (Å²) in [5, 5.41) is 21.0. The van der Waals surface area contributed by atoms with Crippen molar-refractivity contribution in [3.05, 3.63) is 29.3 Å². The molecule has 0 aliphatic carbocycles. The van der Waals surface area contributed by atoms with Gasteiger partial charge in [0.25, 0.3) is 0 Å². The summed E-state index contributed by atoms with van der Waals surface area (Å²) in [5.41, 5.74) is 2.03. The van der Waals surface area contributed by atoms with E-state index in [4.69, 9.17) is 5.11 Å². The maximum atomic E-state index is 9.01. The highest BCUT2D eigenvalue weighted by molar-refractivity contribution is 7.99. The Hall–Kier alpha value is -1.40. The molecule has 6 heteroatoms. The first kappa shape index (κ1) is 11.1. The normalized spacial score (nSPS) is 10.7. The topological polar surface area (TPSA) is 63.8 Å². The summed E-state index contributed by atoms with van der Waals surface area (Å²) in [6.07, 6.45) is 0. The highest BCUT2D eigenvalue weighted by Crippen LogP contribution is 2.28. The number of aliphatic hydroxyl groups excluding tert-OH is 1. The molecule has 0 bridgehead atoms. The maximum Gasteiger partial charge on any atom is 0.213 e. The van der Waals surface area contributed by atoms with E-state index in [0.29, 0.717) is 0 Å². The molecule has 0 amide bonds. The first-order valence-corrected chi connectivity index (χ1v) is 5.63. The number of benzene rings is 1. The molecule has 0 aliphatic rings. The average Bonchev–Trinajstić information content (AvgIpc) is 2.67. The van der Waals surface area contributed by atoms with Gasteiger partial charge in [-0.05, 0) is 46.3 Å². The van der Waals surface area contributed by atoms with Crippen LogP contribution >= 0.6 is 11.8 Å². The molecule has 0 saturated carbocycles. The maximum absolute atomic E-state index is 9.01.